The Kier molecular flexibility index (Phi) is 4.86. The molecule has 0 saturated heterocycles. The quantitative estimate of drug-likeness (QED) is 0.643. The lowest BCUT2D eigenvalue weighted by molar-refractivity contribution is 0.593. The van der Waals surface area contributed by atoms with Gasteiger partial charge in [-0.15, -0.1) is 0 Å². The number of aromatic amines is 1. The van der Waals surface area contributed by atoms with Gasteiger partial charge in [-0.2, -0.15) is 5.26 Å². The van der Waals surface area contributed by atoms with Crippen LogP contribution in [-0.4, -0.2) is 24.1 Å². The molecule has 0 saturated carbocycles. The number of anilines is 1. The first-order valence-electron chi connectivity index (χ1n) is 7.70. The van der Waals surface area contributed by atoms with Gasteiger partial charge in [0.2, 0.25) is 10.0 Å². The van der Waals surface area contributed by atoms with E-state index in [1.54, 1.807) is 18.3 Å². The van der Waals surface area contributed by atoms with Crippen LogP contribution in [0, 0.1) is 23.0 Å². The van der Waals surface area contributed by atoms with Crippen molar-refractivity contribution in [2.45, 2.75) is 12.8 Å². The van der Waals surface area contributed by atoms with Crippen LogP contribution in [-0.2, 0) is 10.0 Å². The summed E-state index contributed by atoms with van der Waals surface area (Å²) in [6.45, 7) is 0. The second-order valence-corrected chi connectivity index (χ2v) is 7.43. The lowest BCUT2D eigenvalue weighted by atomic mass is 10.0. The van der Waals surface area contributed by atoms with Gasteiger partial charge >= 0.3 is 0 Å². The molecule has 3 rings (SSSR count). The fraction of sp³-hybridized carbons (Fsp3) is 0.176. The van der Waals surface area contributed by atoms with Crippen LogP contribution in [0.2, 0.25) is 0 Å². The zero-order valence-electron chi connectivity index (χ0n) is 13.5. The maximum Gasteiger partial charge on any atom is 0.232 e. The molecular weight excluding hydrogens is 362 g/mol. The van der Waals surface area contributed by atoms with Crippen LogP contribution in [0.3, 0.4) is 0 Å². The fourth-order valence-corrected chi connectivity index (χ4v) is 3.70. The van der Waals surface area contributed by atoms with E-state index in [4.69, 9.17) is 5.26 Å². The Morgan fingerprint density at radius 2 is 2.00 bits per heavy atom. The van der Waals surface area contributed by atoms with Crippen molar-refractivity contribution in [3.05, 3.63) is 48.3 Å². The van der Waals surface area contributed by atoms with E-state index in [0.717, 1.165) is 12.1 Å². The minimum Gasteiger partial charge on any atom is -0.346 e. The zero-order chi connectivity index (χ0) is 18.7. The van der Waals surface area contributed by atoms with Crippen molar-refractivity contribution in [2.75, 3.05) is 10.5 Å². The SMILES string of the molecule is N#CCCCS(=O)(=O)Nc1cc(F)c(-c2ccnc3[nH]ccc23)cc1F. The molecule has 134 valence electrons. The number of halogens is 2. The average Bonchev–Trinajstić information content (AvgIpc) is 3.06. The number of rotatable bonds is 6. The molecule has 0 aliphatic rings. The number of H-pyrrole nitrogens is 1. The third-order valence-corrected chi connectivity index (χ3v) is 5.13. The number of aromatic nitrogens is 2. The van der Waals surface area contributed by atoms with Crippen molar-refractivity contribution in [3.8, 4) is 17.2 Å². The lowest BCUT2D eigenvalue weighted by Gasteiger charge is -2.11. The summed E-state index contributed by atoms with van der Waals surface area (Å²) < 4.78 is 54.8. The van der Waals surface area contributed by atoms with Crippen LogP contribution >= 0.6 is 0 Å². The first-order valence-corrected chi connectivity index (χ1v) is 9.35. The van der Waals surface area contributed by atoms with E-state index in [9.17, 15) is 17.2 Å². The second kappa shape index (κ2) is 7.09. The summed E-state index contributed by atoms with van der Waals surface area (Å²) >= 11 is 0. The highest BCUT2D eigenvalue weighted by atomic mass is 32.2. The number of hydrogen-bond donors (Lipinski definition) is 2. The predicted octanol–water partition coefficient (Wildman–Crippen LogP) is 3.55. The van der Waals surface area contributed by atoms with Gasteiger partial charge in [-0.25, -0.2) is 22.2 Å². The zero-order valence-corrected chi connectivity index (χ0v) is 14.3. The molecule has 3 aromatic rings. The van der Waals surface area contributed by atoms with Gasteiger partial charge in [0.25, 0.3) is 0 Å². The van der Waals surface area contributed by atoms with Crippen LogP contribution in [0.4, 0.5) is 14.5 Å². The largest absolute Gasteiger partial charge is 0.346 e. The molecule has 6 nitrogen and oxygen atoms in total. The first kappa shape index (κ1) is 17.8. The van der Waals surface area contributed by atoms with E-state index in [1.165, 1.54) is 6.20 Å². The molecule has 0 bridgehead atoms. The van der Waals surface area contributed by atoms with Gasteiger partial charge in [0.15, 0.2) is 0 Å². The van der Waals surface area contributed by atoms with E-state index < -0.39 is 27.3 Å². The van der Waals surface area contributed by atoms with Crippen molar-refractivity contribution >= 4 is 26.7 Å². The first-order chi connectivity index (χ1) is 12.4. The number of fused-ring (bicyclic) bond motifs is 1. The molecule has 2 heterocycles. The van der Waals surface area contributed by atoms with Gasteiger partial charge in [-0.05, 0) is 30.2 Å². The highest BCUT2D eigenvalue weighted by Crippen LogP contribution is 2.32. The standard InChI is InChI=1S/C17H14F2N4O2S/c18-14-10-16(23-26(24,25)8-2-1-5-20)15(19)9-13(14)11-3-6-21-17-12(11)4-7-22-17/h3-4,6-7,9-10,23H,1-2,8H2,(H,21,22). The number of nitrogens with one attached hydrogen (secondary N) is 2. The topological polar surface area (TPSA) is 98.6 Å². The number of pyridine rings is 1. The summed E-state index contributed by atoms with van der Waals surface area (Å²) in [7, 11) is -3.87. The van der Waals surface area contributed by atoms with Crippen molar-refractivity contribution in [3.63, 3.8) is 0 Å². The molecule has 0 amide bonds. The van der Waals surface area contributed by atoms with E-state index in [0.29, 0.717) is 16.6 Å². The second-order valence-electron chi connectivity index (χ2n) is 5.59. The number of nitrogens with zero attached hydrogens (tertiary/aromatic N) is 2. The predicted molar refractivity (Wildman–Crippen MR) is 93.7 cm³/mol. The maximum atomic E-state index is 14.6. The molecule has 2 N–H and O–H groups in total. The Bertz CT molecular complexity index is 1100. The number of sulfonamides is 1. The molecule has 0 radical (unpaired) electrons. The molecule has 0 aliphatic carbocycles. The molecule has 0 atom stereocenters. The van der Waals surface area contributed by atoms with Gasteiger partial charge in [-0.3, -0.25) is 4.72 Å². The minimum atomic E-state index is -3.87. The molecule has 2 aromatic heterocycles. The van der Waals surface area contributed by atoms with E-state index >= 15 is 0 Å². The molecule has 9 heteroatoms. The van der Waals surface area contributed by atoms with E-state index in [-0.39, 0.29) is 24.2 Å². The average molecular weight is 376 g/mol. The Hall–Kier alpha value is -2.99. The Morgan fingerprint density at radius 1 is 1.19 bits per heavy atom. The molecule has 0 unspecified atom stereocenters. The number of hydrogen-bond acceptors (Lipinski definition) is 4. The van der Waals surface area contributed by atoms with E-state index in [1.807, 2.05) is 10.8 Å². The highest BCUT2D eigenvalue weighted by molar-refractivity contribution is 7.92. The summed E-state index contributed by atoms with van der Waals surface area (Å²) in [6.07, 6.45) is 3.28. The summed E-state index contributed by atoms with van der Waals surface area (Å²) in [6, 6.07) is 6.84. The maximum absolute atomic E-state index is 14.6. The number of benzene rings is 1. The third kappa shape index (κ3) is 3.65. The molecule has 0 fully saturated rings. The number of nitriles is 1. The summed E-state index contributed by atoms with van der Waals surface area (Å²) in [4.78, 5) is 6.98. The Balaban J connectivity index is 1.95. The molecule has 1 aromatic carbocycles. The van der Waals surface area contributed by atoms with Gasteiger partial charge in [0.1, 0.15) is 17.3 Å². The van der Waals surface area contributed by atoms with Crippen LogP contribution in [0.5, 0.6) is 0 Å². The minimum absolute atomic E-state index is 0.00179. The summed E-state index contributed by atoms with van der Waals surface area (Å²) in [5.74, 6) is -2.02. The van der Waals surface area contributed by atoms with E-state index in [2.05, 4.69) is 9.97 Å². The number of unbranched alkanes of at least 4 members (excludes halogenated alkanes) is 1. The Labute approximate surface area is 148 Å². The smallest absolute Gasteiger partial charge is 0.232 e. The molecule has 0 aliphatic heterocycles. The van der Waals surface area contributed by atoms with Gasteiger partial charge in [-0.1, -0.05) is 0 Å². The van der Waals surface area contributed by atoms with Crippen molar-refractivity contribution < 1.29 is 17.2 Å². The molecule has 0 spiro atoms. The van der Waals surface area contributed by atoms with Crippen LogP contribution < -0.4 is 4.72 Å². The molecule has 26 heavy (non-hydrogen) atoms. The van der Waals surface area contributed by atoms with Crippen molar-refractivity contribution in [2.24, 2.45) is 0 Å². The fourth-order valence-electron chi connectivity index (χ4n) is 2.59. The normalized spacial score (nSPS) is 11.4. The monoisotopic (exact) mass is 376 g/mol. The van der Waals surface area contributed by atoms with Crippen LogP contribution in [0.1, 0.15) is 12.8 Å². The molecular formula is C17H14F2N4O2S. The Morgan fingerprint density at radius 3 is 2.77 bits per heavy atom. The van der Waals surface area contributed by atoms with Crippen LogP contribution in [0.15, 0.2) is 36.7 Å². The van der Waals surface area contributed by atoms with Crippen molar-refractivity contribution in [1.29, 1.82) is 5.26 Å². The van der Waals surface area contributed by atoms with Crippen LogP contribution in [0.25, 0.3) is 22.2 Å². The van der Waals surface area contributed by atoms with Gasteiger partial charge < -0.3 is 4.98 Å². The van der Waals surface area contributed by atoms with Gasteiger partial charge in [0, 0.05) is 35.8 Å². The van der Waals surface area contributed by atoms with Gasteiger partial charge in [0.05, 0.1) is 17.5 Å². The summed E-state index contributed by atoms with van der Waals surface area (Å²) in [5, 5.41) is 9.07. The third-order valence-electron chi connectivity index (χ3n) is 3.77. The highest BCUT2D eigenvalue weighted by Gasteiger charge is 2.18. The van der Waals surface area contributed by atoms with Crippen molar-refractivity contribution in [1.82, 2.24) is 9.97 Å². The lowest BCUT2D eigenvalue weighted by Crippen LogP contribution is -2.17. The summed E-state index contributed by atoms with van der Waals surface area (Å²) in [5.41, 5.74) is 0.505.